The van der Waals surface area contributed by atoms with Gasteiger partial charge in [-0.05, 0) is 43.1 Å². The van der Waals surface area contributed by atoms with E-state index in [4.69, 9.17) is 11.6 Å². The molecule has 0 spiro atoms. The molecule has 0 amide bonds. The number of aliphatic hydroxyl groups excluding tert-OH is 1. The Kier molecular flexibility index (Phi) is 5.14. The minimum Gasteiger partial charge on any atom is -0.393 e. The van der Waals surface area contributed by atoms with Gasteiger partial charge < -0.3 is 10.4 Å². The molecule has 3 nitrogen and oxygen atoms in total. The number of benzene rings is 1. The van der Waals surface area contributed by atoms with Crippen molar-refractivity contribution in [3.8, 4) is 0 Å². The number of fused-ring (bicyclic) bond motifs is 1. The summed E-state index contributed by atoms with van der Waals surface area (Å²) < 4.78 is 0. The third-order valence-corrected chi connectivity index (χ3v) is 3.41. The molecule has 0 saturated carbocycles. The Labute approximate surface area is 118 Å². The molecule has 0 radical (unpaired) electrons. The van der Waals surface area contributed by atoms with Crippen LogP contribution in [-0.4, -0.2) is 22.7 Å². The number of hydrogen-bond donors (Lipinski definition) is 2. The number of aromatic nitrogens is 1. The number of hydrogen-bond acceptors (Lipinski definition) is 3. The van der Waals surface area contributed by atoms with Crippen molar-refractivity contribution >= 4 is 22.5 Å². The molecule has 1 atom stereocenters. The maximum Gasteiger partial charge on any atom is 0.0747 e. The van der Waals surface area contributed by atoms with E-state index in [1.807, 2.05) is 31.2 Å². The monoisotopic (exact) mass is 278 g/mol. The third-order valence-electron chi connectivity index (χ3n) is 3.19. The van der Waals surface area contributed by atoms with Crippen molar-refractivity contribution in [2.45, 2.75) is 32.4 Å². The fourth-order valence-corrected chi connectivity index (χ4v) is 2.31. The molecule has 0 fully saturated rings. The highest BCUT2D eigenvalue weighted by Gasteiger charge is 2.05. The predicted molar refractivity (Wildman–Crippen MR) is 79.4 cm³/mol. The molecule has 0 aliphatic rings. The second kappa shape index (κ2) is 6.85. The normalized spacial score (nSPS) is 12.8. The minimum absolute atomic E-state index is 0.221. The SMILES string of the molecule is CCC(O)CCNCc1cc(Cl)cc2cccnc12. The van der Waals surface area contributed by atoms with Crippen LogP contribution in [0.4, 0.5) is 0 Å². The van der Waals surface area contributed by atoms with E-state index in [0.29, 0.717) is 6.54 Å². The summed E-state index contributed by atoms with van der Waals surface area (Å²) in [5.41, 5.74) is 2.07. The Hall–Kier alpha value is -1.16. The summed E-state index contributed by atoms with van der Waals surface area (Å²) >= 11 is 6.11. The molecule has 0 aliphatic carbocycles. The maximum absolute atomic E-state index is 9.50. The molecule has 102 valence electrons. The van der Waals surface area contributed by atoms with Crippen LogP contribution in [0.25, 0.3) is 10.9 Å². The lowest BCUT2D eigenvalue weighted by molar-refractivity contribution is 0.159. The van der Waals surface area contributed by atoms with Crippen LogP contribution in [0.2, 0.25) is 5.02 Å². The molecule has 0 saturated heterocycles. The summed E-state index contributed by atoms with van der Waals surface area (Å²) in [6, 6.07) is 7.79. The van der Waals surface area contributed by atoms with Crippen LogP contribution < -0.4 is 5.32 Å². The average molecular weight is 279 g/mol. The number of aliphatic hydroxyl groups is 1. The highest BCUT2D eigenvalue weighted by atomic mass is 35.5. The summed E-state index contributed by atoms with van der Waals surface area (Å²) in [6.07, 6.45) is 3.13. The van der Waals surface area contributed by atoms with Crippen LogP contribution in [0.3, 0.4) is 0 Å². The Morgan fingerprint density at radius 2 is 2.26 bits per heavy atom. The van der Waals surface area contributed by atoms with E-state index in [-0.39, 0.29) is 6.10 Å². The van der Waals surface area contributed by atoms with E-state index in [1.165, 1.54) is 0 Å². The van der Waals surface area contributed by atoms with E-state index in [0.717, 1.165) is 40.9 Å². The van der Waals surface area contributed by atoms with Crippen LogP contribution in [-0.2, 0) is 6.54 Å². The summed E-state index contributed by atoms with van der Waals surface area (Å²) in [4.78, 5) is 4.40. The number of nitrogens with zero attached hydrogens (tertiary/aromatic N) is 1. The molecule has 1 aromatic carbocycles. The Bertz CT molecular complexity index is 545. The number of nitrogens with one attached hydrogen (secondary N) is 1. The summed E-state index contributed by atoms with van der Waals surface area (Å²) in [6.45, 7) is 3.49. The third kappa shape index (κ3) is 3.90. The molecule has 2 rings (SSSR count). The first kappa shape index (κ1) is 14.3. The molecule has 2 N–H and O–H groups in total. The molecule has 1 unspecified atom stereocenters. The van der Waals surface area contributed by atoms with Gasteiger partial charge in [-0.1, -0.05) is 24.6 Å². The average Bonchev–Trinajstić information content (AvgIpc) is 2.42. The van der Waals surface area contributed by atoms with Gasteiger partial charge in [0.05, 0.1) is 11.6 Å². The topological polar surface area (TPSA) is 45.1 Å². The van der Waals surface area contributed by atoms with Gasteiger partial charge in [0.15, 0.2) is 0 Å². The first-order valence-electron chi connectivity index (χ1n) is 6.62. The minimum atomic E-state index is -0.221. The highest BCUT2D eigenvalue weighted by molar-refractivity contribution is 6.31. The van der Waals surface area contributed by atoms with Crippen molar-refractivity contribution in [2.24, 2.45) is 0 Å². The van der Waals surface area contributed by atoms with E-state index in [2.05, 4.69) is 10.3 Å². The second-order valence-corrected chi connectivity index (χ2v) is 5.10. The highest BCUT2D eigenvalue weighted by Crippen LogP contribution is 2.22. The lowest BCUT2D eigenvalue weighted by Crippen LogP contribution is -2.20. The van der Waals surface area contributed by atoms with Crippen molar-refractivity contribution < 1.29 is 5.11 Å². The van der Waals surface area contributed by atoms with E-state index < -0.39 is 0 Å². The van der Waals surface area contributed by atoms with E-state index >= 15 is 0 Å². The van der Waals surface area contributed by atoms with Gasteiger partial charge in [-0.15, -0.1) is 0 Å². The zero-order valence-electron chi connectivity index (χ0n) is 11.1. The molecule has 2 aromatic rings. The number of halogens is 1. The van der Waals surface area contributed by atoms with Gasteiger partial charge in [0.2, 0.25) is 0 Å². The van der Waals surface area contributed by atoms with E-state index in [1.54, 1.807) is 6.20 Å². The largest absolute Gasteiger partial charge is 0.393 e. The summed E-state index contributed by atoms with van der Waals surface area (Å²) in [7, 11) is 0. The smallest absolute Gasteiger partial charge is 0.0747 e. The van der Waals surface area contributed by atoms with Crippen molar-refractivity contribution in [3.63, 3.8) is 0 Å². The first-order valence-corrected chi connectivity index (χ1v) is 7.00. The van der Waals surface area contributed by atoms with Gasteiger partial charge in [0.25, 0.3) is 0 Å². The van der Waals surface area contributed by atoms with Gasteiger partial charge in [-0.3, -0.25) is 4.98 Å². The molecule has 19 heavy (non-hydrogen) atoms. The van der Waals surface area contributed by atoms with Crippen molar-refractivity contribution in [1.82, 2.24) is 10.3 Å². The standard InChI is InChI=1S/C15H19ClN2O/c1-2-14(19)5-7-17-10-12-9-13(16)8-11-4-3-6-18-15(11)12/h3-4,6,8-9,14,17,19H,2,5,7,10H2,1H3. The Morgan fingerprint density at radius 3 is 3.05 bits per heavy atom. The van der Waals surface area contributed by atoms with Crippen molar-refractivity contribution in [1.29, 1.82) is 0 Å². The Balaban J connectivity index is 2.04. The zero-order valence-corrected chi connectivity index (χ0v) is 11.8. The number of pyridine rings is 1. The van der Waals surface area contributed by atoms with Gasteiger partial charge in [-0.25, -0.2) is 0 Å². The van der Waals surface area contributed by atoms with Crippen LogP contribution in [0.5, 0.6) is 0 Å². The van der Waals surface area contributed by atoms with Crippen LogP contribution in [0.1, 0.15) is 25.3 Å². The zero-order chi connectivity index (χ0) is 13.7. The van der Waals surface area contributed by atoms with Gasteiger partial charge in [0.1, 0.15) is 0 Å². The lowest BCUT2D eigenvalue weighted by atomic mass is 10.1. The summed E-state index contributed by atoms with van der Waals surface area (Å²) in [5.74, 6) is 0. The predicted octanol–water partition coefficient (Wildman–Crippen LogP) is 3.14. The molecule has 0 aliphatic heterocycles. The summed E-state index contributed by atoms with van der Waals surface area (Å²) in [5, 5.41) is 14.6. The van der Waals surface area contributed by atoms with Crippen molar-refractivity contribution in [3.05, 3.63) is 41.0 Å². The van der Waals surface area contributed by atoms with Crippen LogP contribution >= 0.6 is 11.6 Å². The quantitative estimate of drug-likeness (QED) is 0.798. The van der Waals surface area contributed by atoms with Crippen LogP contribution in [0, 0.1) is 0 Å². The molecule has 1 heterocycles. The van der Waals surface area contributed by atoms with Gasteiger partial charge in [0, 0.05) is 23.2 Å². The molecule has 1 aromatic heterocycles. The fourth-order valence-electron chi connectivity index (χ4n) is 2.06. The Morgan fingerprint density at radius 1 is 1.42 bits per heavy atom. The number of rotatable bonds is 6. The van der Waals surface area contributed by atoms with Crippen molar-refractivity contribution in [2.75, 3.05) is 6.54 Å². The van der Waals surface area contributed by atoms with Gasteiger partial charge in [-0.2, -0.15) is 0 Å². The van der Waals surface area contributed by atoms with E-state index in [9.17, 15) is 5.11 Å². The second-order valence-electron chi connectivity index (χ2n) is 4.67. The fraction of sp³-hybridized carbons (Fsp3) is 0.400. The molecular formula is C15H19ClN2O. The maximum atomic E-state index is 9.50. The molecule has 0 bridgehead atoms. The molecular weight excluding hydrogens is 260 g/mol. The molecule has 4 heteroatoms. The lowest BCUT2D eigenvalue weighted by Gasteiger charge is -2.10. The van der Waals surface area contributed by atoms with Gasteiger partial charge >= 0.3 is 0 Å². The first-order chi connectivity index (χ1) is 9.20. The van der Waals surface area contributed by atoms with Crippen LogP contribution in [0.15, 0.2) is 30.5 Å².